The highest BCUT2D eigenvalue weighted by Crippen LogP contribution is 2.27. The van der Waals surface area contributed by atoms with Gasteiger partial charge < -0.3 is 14.4 Å². The van der Waals surface area contributed by atoms with Gasteiger partial charge in [0, 0.05) is 23.5 Å². The van der Waals surface area contributed by atoms with Gasteiger partial charge in [0.25, 0.3) is 0 Å². The van der Waals surface area contributed by atoms with Gasteiger partial charge in [-0.25, -0.2) is 9.18 Å². The molecular formula is C21H22FNO4S. The van der Waals surface area contributed by atoms with Crippen LogP contribution in [0.1, 0.15) is 12.8 Å². The van der Waals surface area contributed by atoms with Crippen LogP contribution in [0.4, 0.5) is 4.39 Å². The smallest absolute Gasteiger partial charge is 0.328 e. The van der Waals surface area contributed by atoms with Crippen molar-refractivity contribution in [3.63, 3.8) is 0 Å². The van der Waals surface area contributed by atoms with Gasteiger partial charge in [-0.3, -0.25) is 4.79 Å². The minimum atomic E-state index is -0.712. The van der Waals surface area contributed by atoms with Crippen LogP contribution in [-0.2, 0) is 14.3 Å². The number of hydrogen-bond donors (Lipinski definition) is 0. The minimum absolute atomic E-state index is 0.116. The average molecular weight is 403 g/mol. The number of thioether (sulfide) groups is 1. The van der Waals surface area contributed by atoms with E-state index in [1.807, 2.05) is 30.3 Å². The number of amides is 1. The topological polar surface area (TPSA) is 55.8 Å². The van der Waals surface area contributed by atoms with Gasteiger partial charge in [-0.2, -0.15) is 0 Å². The second-order valence-corrected chi connectivity index (χ2v) is 7.57. The van der Waals surface area contributed by atoms with Crippen molar-refractivity contribution in [2.24, 2.45) is 0 Å². The van der Waals surface area contributed by atoms with E-state index in [4.69, 9.17) is 9.47 Å². The largest absolute Gasteiger partial charge is 0.485 e. The maximum absolute atomic E-state index is 13.8. The van der Waals surface area contributed by atoms with Crippen LogP contribution >= 0.6 is 11.8 Å². The number of nitrogens with zero attached hydrogens (tertiary/aromatic N) is 1. The lowest BCUT2D eigenvalue weighted by molar-refractivity contribution is -0.150. The van der Waals surface area contributed by atoms with Crippen molar-refractivity contribution in [3.05, 3.63) is 60.4 Å². The van der Waals surface area contributed by atoms with Gasteiger partial charge in [-0.15, -0.1) is 11.8 Å². The van der Waals surface area contributed by atoms with Gasteiger partial charge in [-0.05, 0) is 24.3 Å². The van der Waals surface area contributed by atoms with Crippen LogP contribution in [0.3, 0.4) is 0 Å². The molecule has 5 nitrogen and oxygen atoms in total. The minimum Gasteiger partial charge on any atom is -0.485 e. The molecule has 0 aliphatic carbocycles. The van der Waals surface area contributed by atoms with Crippen LogP contribution in [0.15, 0.2) is 59.5 Å². The first-order valence-electron chi connectivity index (χ1n) is 9.05. The molecule has 2 aromatic carbocycles. The molecule has 0 N–H and O–H groups in total. The summed E-state index contributed by atoms with van der Waals surface area (Å²) >= 11 is 1.58. The lowest BCUT2D eigenvalue weighted by Crippen LogP contribution is -2.41. The summed E-state index contributed by atoms with van der Waals surface area (Å²) in [5.41, 5.74) is 0. The molecule has 7 heteroatoms. The first-order chi connectivity index (χ1) is 13.6. The van der Waals surface area contributed by atoms with E-state index in [2.05, 4.69) is 0 Å². The maximum atomic E-state index is 13.8. The molecule has 1 aliphatic heterocycles. The van der Waals surface area contributed by atoms with E-state index in [0.29, 0.717) is 12.2 Å². The van der Waals surface area contributed by atoms with Gasteiger partial charge in [0.1, 0.15) is 12.1 Å². The number of hydrogen-bond acceptors (Lipinski definition) is 5. The molecule has 0 bridgehead atoms. The lowest BCUT2D eigenvalue weighted by Gasteiger charge is -2.22. The molecule has 1 saturated heterocycles. The van der Waals surface area contributed by atoms with Gasteiger partial charge in [0.2, 0.25) is 5.91 Å². The van der Waals surface area contributed by atoms with Crippen LogP contribution in [0, 0.1) is 5.82 Å². The molecular weight excluding hydrogens is 381 g/mol. The molecule has 1 aliphatic rings. The Kier molecular flexibility index (Phi) is 6.92. The summed E-state index contributed by atoms with van der Waals surface area (Å²) < 4.78 is 24.4. The number of halogens is 1. The van der Waals surface area contributed by atoms with Crippen molar-refractivity contribution in [1.82, 2.24) is 4.90 Å². The zero-order valence-electron chi connectivity index (χ0n) is 15.5. The quantitative estimate of drug-likeness (QED) is 0.523. The van der Waals surface area contributed by atoms with E-state index in [0.717, 1.165) is 4.90 Å². The fourth-order valence-corrected chi connectivity index (χ4v) is 4.02. The Hall–Kier alpha value is -2.54. The van der Waals surface area contributed by atoms with Crippen LogP contribution in [-0.4, -0.2) is 48.3 Å². The molecule has 2 atom stereocenters. The van der Waals surface area contributed by atoms with Crippen molar-refractivity contribution in [1.29, 1.82) is 0 Å². The highest BCUT2D eigenvalue weighted by molar-refractivity contribution is 7.99. The van der Waals surface area contributed by atoms with Crippen molar-refractivity contribution in [2.45, 2.75) is 29.9 Å². The lowest BCUT2D eigenvalue weighted by atomic mass is 10.2. The van der Waals surface area contributed by atoms with Crippen LogP contribution in [0.2, 0.25) is 0 Å². The van der Waals surface area contributed by atoms with Gasteiger partial charge in [0.05, 0.1) is 13.7 Å². The second-order valence-electron chi connectivity index (χ2n) is 6.40. The van der Waals surface area contributed by atoms with Crippen molar-refractivity contribution >= 4 is 23.6 Å². The Labute approximate surface area is 167 Å². The van der Waals surface area contributed by atoms with E-state index in [1.165, 1.54) is 24.1 Å². The molecule has 1 amide bonds. The van der Waals surface area contributed by atoms with E-state index in [1.54, 1.807) is 23.9 Å². The molecule has 28 heavy (non-hydrogen) atoms. The standard InChI is InChI=1S/C21H22FNO4S/c1-26-21(25)18-13-15(27-19-10-6-5-9-17(19)22)14-23(18)20(24)11-12-28-16-7-3-2-4-8-16/h2-10,15,18H,11-14H2,1H3/t15-,18-/m0/s1. The molecule has 1 fully saturated rings. The van der Waals surface area contributed by atoms with E-state index >= 15 is 0 Å². The molecule has 2 aromatic rings. The zero-order valence-corrected chi connectivity index (χ0v) is 16.4. The first-order valence-corrected chi connectivity index (χ1v) is 10.0. The maximum Gasteiger partial charge on any atom is 0.328 e. The number of carbonyl (C=O) groups excluding carboxylic acids is 2. The molecule has 0 aromatic heterocycles. The van der Waals surface area contributed by atoms with Crippen LogP contribution in [0.5, 0.6) is 5.75 Å². The molecule has 0 saturated carbocycles. The molecule has 0 radical (unpaired) electrons. The highest BCUT2D eigenvalue weighted by atomic mass is 32.2. The third kappa shape index (κ3) is 5.04. The van der Waals surface area contributed by atoms with Gasteiger partial charge in [0.15, 0.2) is 11.6 Å². The average Bonchev–Trinajstić information content (AvgIpc) is 3.14. The number of para-hydroxylation sites is 1. The van der Waals surface area contributed by atoms with Crippen LogP contribution in [0.25, 0.3) is 0 Å². The monoisotopic (exact) mass is 403 g/mol. The number of likely N-dealkylation sites (tertiary alicyclic amines) is 1. The Morgan fingerprint density at radius 3 is 2.57 bits per heavy atom. The van der Waals surface area contributed by atoms with Crippen LogP contribution < -0.4 is 4.74 Å². The number of carbonyl (C=O) groups is 2. The summed E-state index contributed by atoms with van der Waals surface area (Å²) in [5.74, 6) is -0.375. The zero-order chi connectivity index (χ0) is 19.9. The van der Waals surface area contributed by atoms with Crippen molar-refractivity contribution in [2.75, 3.05) is 19.4 Å². The summed E-state index contributed by atoms with van der Waals surface area (Å²) in [7, 11) is 1.29. The third-order valence-electron chi connectivity index (χ3n) is 4.51. The molecule has 1 heterocycles. The Morgan fingerprint density at radius 2 is 1.86 bits per heavy atom. The molecule has 0 unspecified atom stereocenters. The number of methoxy groups -OCH3 is 1. The summed E-state index contributed by atoms with van der Waals surface area (Å²) in [5, 5.41) is 0. The molecule has 0 spiro atoms. The number of esters is 1. The number of rotatable bonds is 7. The van der Waals surface area contributed by atoms with Gasteiger partial charge in [-0.1, -0.05) is 30.3 Å². The fraction of sp³-hybridized carbons (Fsp3) is 0.333. The Bertz CT molecular complexity index is 817. The summed E-state index contributed by atoms with van der Waals surface area (Å²) in [6.45, 7) is 0.225. The highest BCUT2D eigenvalue weighted by Gasteiger charge is 2.41. The van der Waals surface area contributed by atoms with E-state index in [-0.39, 0.29) is 24.6 Å². The Morgan fingerprint density at radius 1 is 1.14 bits per heavy atom. The summed E-state index contributed by atoms with van der Waals surface area (Å²) in [6.07, 6.45) is 0.102. The Balaban J connectivity index is 1.61. The predicted molar refractivity (Wildman–Crippen MR) is 105 cm³/mol. The number of ether oxygens (including phenoxy) is 2. The SMILES string of the molecule is COC(=O)[C@@H]1C[C@H](Oc2ccccc2F)CN1C(=O)CCSc1ccccc1. The number of benzene rings is 2. The molecule has 148 valence electrons. The normalized spacial score (nSPS) is 18.7. The fourth-order valence-electron chi connectivity index (χ4n) is 3.15. The van der Waals surface area contributed by atoms with E-state index in [9.17, 15) is 14.0 Å². The second kappa shape index (κ2) is 9.59. The van der Waals surface area contributed by atoms with Crippen molar-refractivity contribution in [3.8, 4) is 5.75 Å². The first kappa shape index (κ1) is 20.2. The summed E-state index contributed by atoms with van der Waals surface area (Å²) in [4.78, 5) is 27.4. The van der Waals surface area contributed by atoms with Gasteiger partial charge >= 0.3 is 5.97 Å². The van der Waals surface area contributed by atoms with E-state index < -0.39 is 23.9 Å². The predicted octanol–water partition coefficient (Wildman–Crippen LogP) is 3.53. The van der Waals surface area contributed by atoms with Crippen molar-refractivity contribution < 1.29 is 23.5 Å². The summed E-state index contributed by atoms with van der Waals surface area (Å²) in [6, 6.07) is 15.2. The molecule has 3 rings (SSSR count). The third-order valence-corrected chi connectivity index (χ3v) is 5.53.